The molecular weight excluding hydrogens is 216 g/mol. The molecule has 1 atom stereocenters. The maximum absolute atomic E-state index is 12.0. The number of anilines is 1. The average Bonchev–Trinajstić information content (AvgIpc) is 2.86. The number of nitrogens with one attached hydrogen (secondary N) is 1. The van der Waals surface area contributed by atoms with Crippen molar-refractivity contribution in [2.75, 3.05) is 12.8 Å². The summed E-state index contributed by atoms with van der Waals surface area (Å²) in [6.07, 6.45) is 1.02. The molecule has 0 bridgehead atoms. The molecule has 4 nitrogen and oxygen atoms in total. The number of benzene rings is 1. The van der Waals surface area contributed by atoms with Gasteiger partial charge in [0.15, 0.2) is 0 Å². The van der Waals surface area contributed by atoms with Crippen molar-refractivity contribution >= 4 is 11.6 Å². The minimum atomic E-state index is -0.128. The van der Waals surface area contributed by atoms with Gasteiger partial charge in [-0.3, -0.25) is 4.79 Å². The number of methoxy groups -OCH3 is 1. The van der Waals surface area contributed by atoms with Gasteiger partial charge in [-0.25, -0.2) is 0 Å². The van der Waals surface area contributed by atoms with Crippen LogP contribution in [-0.2, 0) is 0 Å². The zero-order valence-electron chi connectivity index (χ0n) is 10.4. The van der Waals surface area contributed by atoms with E-state index in [9.17, 15) is 4.79 Å². The lowest BCUT2D eigenvalue weighted by Crippen LogP contribution is -2.29. The molecule has 0 saturated heterocycles. The molecule has 1 amide bonds. The van der Waals surface area contributed by atoms with E-state index < -0.39 is 0 Å². The monoisotopic (exact) mass is 234 g/mol. The van der Waals surface area contributed by atoms with Gasteiger partial charge in [-0.05, 0) is 24.0 Å². The van der Waals surface area contributed by atoms with Crippen molar-refractivity contribution in [1.29, 1.82) is 0 Å². The highest BCUT2D eigenvalue weighted by atomic mass is 16.5. The molecule has 4 heteroatoms. The SMILES string of the molecule is COc1cccc(C(=O)NC2CC2(C)C)c1N. The van der Waals surface area contributed by atoms with Gasteiger partial charge in [-0.1, -0.05) is 19.9 Å². The number of nitrogens with two attached hydrogens (primary N) is 1. The maximum Gasteiger partial charge on any atom is 0.253 e. The average molecular weight is 234 g/mol. The number of amides is 1. The quantitative estimate of drug-likeness (QED) is 0.784. The van der Waals surface area contributed by atoms with Crippen LogP contribution in [0.3, 0.4) is 0 Å². The lowest BCUT2D eigenvalue weighted by molar-refractivity contribution is 0.0947. The van der Waals surface area contributed by atoms with Crippen molar-refractivity contribution in [2.24, 2.45) is 5.41 Å². The third-order valence-corrected chi connectivity index (χ3v) is 3.35. The Morgan fingerprint density at radius 3 is 2.71 bits per heavy atom. The Hall–Kier alpha value is -1.71. The first-order valence-electron chi connectivity index (χ1n) is 5.69. The van der Waals surface area contributed by atoms with Gasteiger partial charge in [0.2, 0.25) is 0 Å². The summed E-state index contributed by atoms with van der Waals surface area (Å²) < 4.78 is 5.09. The van der Waals surface area contributed by atoms with Crippen LogP contribution in [0.1, 0.15) is 30.6 Å². The largest absolute Gasteiger partial charge is 0.495 e. The first kappa shape index (κ1) is 11.8. The van der Waals surface area contributed by atoms with Crippen molar-refractivity contribution in [3.63, 3.8) is 0 Å². The highest BCUT2D eigenvalue weighted by Gasteiger charge is 2.46. The number of para-hydroxylation sites is 1. The predicted octanol–water partition coefficient (Wildman–Crippen LogP) is 1.81. The van der Waals surface area contributed by atoms with E-state index in [-0.39, 0.29) is 17.4 Å². The third kappa shape index (κ3) is 2.20. The van der Waals surface area contributed by atoms with Gasteiger partial charge in [0.05, 0.1) is 18.4 Å². The summed E-state index contributed by atoms with van der Waals surface area (Å²) in [6, 6.07) is 5.47. The van der Waals surface area contributed by atoms with E-state index in [0.717, 1.165) is 6.42 Å². The molecule has 0 heterocycles. The number of hydrogen-bond acceptors (Lipinski definition) is 3. The van der Waals surface area contributed by atoms with Gasteiger partial charge >= 0.3 is 0 Å². The number of carbonyl (C=O) groups is 1. The number of carbonyl (C=O) groups excluding carboxylic acids is 1. The van der Waals surface area contributed by atoms with Gasteiger partial charge in [0, 0.05) is 6.04 Å². The summed E-state index contributed by atoms with van der Waals surface area (Å²) in [7, 11) is 1.54. The van der Waals surface area contributed by atoms with Gasteiger partial charge in [0.25, 0.3) is 5.91 Å². The van der Waals surface area contributed by atoms with E-state index in [1.165, 1.54) is 7.11 Å². The van der Waals surface area contributed by atoms with E-state index in [0.29, 0.717) is 17.0 Å². The topological polar surface area (TPSA) is 64.3 Å². The minimum Gasteiger partial charge on any atom is -0.495 e. The summed E-state index contributed by atoms with van der Waals surface area (Å²) in [5.74, 6) is 0.407. The van der Waals surface area contributed by atoms with Crippen LogP contribution in [0.25, 0.3) is 0 Å². The Balaban J connectivity index is 2.14. The fraction of sp³-hybridized carbons (Fsp3) is 0.462. The van der Waals surface area contributed by atoms with Crippen LogP contribution in [0.2, 0.25) is 0 Å². The van der Waals surface area contributed by atoms with Gasteiger partial charge in [-0.15, -0.1) is 0 Å². The molecule has 1 aromatic rings. The smallest absolute Gasteiger partial charge is 0.253 e. The number of rotatable bonds is 3. The van der Waals surface area contributed by atoms with Crippen molar-refractivity contribution in [3.8, 4) is 5.75 Å². The van der Waals surface area contributed by atoms with Crippen LogP contribution in [0.15, 0.2) is 18.2 Å². The molecule has 1 aliphatic rings. The molecule has 0 radical (unpaired) electrons. The molecule has 2 rings (SSSR count). The fourth-order valence-electron chi connectivity index (χ4n) is 1.87. The zero-order valence-corrected chi connectivity index (χ0v) is 10.4. The van der Waals surface area contributed by atoms with Crippen LogP contribution < -0.4 is 15.8 Å². The Bertz CT molecular complexity index is 455. The van der Waals surface area contributed by atoms with Gasteiger partial charge in [-0.2, -0.15) is 0 Å². The summed E-state index contributed by atoms with van der Waals surface area (Å²) in [6.45, 7) is 4.26. The highest BCUT2D eigenvalue weighted by Crippen LogP contribution is 2.44. The molecule has 1 fully saturated rings. The van der Waals surface area contributed by atoms with Crippen molar-refractivity contribution in [1.82, 2.24) is 5.32 Å². The molecule has 0 spiro atoms. The van der Waals surface area contributed by atoms with E-state index in [4.69, 9.17) is 10.5 Å². The second kappa shape index (κ2) is 3.95. The summed E-state index contributed by atoms with van der Waals surface area (Å²) >= 11 is 0. The van der Waals surface area contributed by atoms with Crippen molar-refractivity contribution in [3.05, 3.63) is 23.8 Å². The van der Waals surface area contributed by atoms with E-state index in [1.54, 1.807) is 18.2 Å². The second-order valence-electron chi connectivity index (χ2n) is 5.14. The van der Waals surface area contributed by atoms with Crippen molar-refractivity contribution in [2.45, 2.75) is 26.3 Å². The zero-order chi connectivity index (χ0) is 12.6. The van der Waals surface area contributed by atoms with Gasteiger partial charge < -0.3 is 15.8 Å². The summed E-state index contributed by atoms with van der Waals surface area (Å²) in [5.41, 5.74) is 6.96. The van der Waals surface area contributed by atoms with Gasteiger partial charge in [0.1, 0.15) is 5.75 Å². The maximum atomic E-state index is 12.0. The molecule has 1 aliphatic carbocycles. The van der Waals surface area contributed by atoms with Crippen LogP contribution in [0.4, 0.5) is 5.69 Å². The summed E-state index contributed by atoms with van der Waals surface area (Å²) in [4.78, 5) is 12.0. The molecule has 1 unspecified atom stereocenters. The molecule has 92 valence electrons. The normalized spacial score (nSPS) is 20.8. The number of ether oxygens (including phenoxy) is 1. The Morgan fingerprint density at radius 1 is 1.53 bits per heavy atom. The van der Waals surface area contributed by atoms with Crippen LogP contribution in [-0.4, -0.2) is 19.1 Å². The Kier molecular flexibility index (Phi) is 2.73. The number of hydrogen-bond donors (Lipinski definition) is 2. The standard InChI is InChI=1S/C13H18N2O2/c1-13(2)7-10(13)15-12(16)8-5-4-6-9(17-3)11(8)14/h4-6,10H,7,14H2,1-3H3,(H,15,16). The van der Waals surface area contributed by atoms with E-state index in [1.807, 2.05) is 0 Å². The predicted molar refractivity (Wildman–Crippen MR) is 67.1 cm³/mol. The lowest BCUT2D eigenvalue weighted by atomic mass is 10.1. The molecule has 17 heavy (non-hydrogen) atoms. The minimum absolute atomic E-state index is 0.128. The van der Waals surface area contributed by atoms with Crippen LogP contribution in [0, 0.1) is 5.41 Å². The van der Waals surface area contributed by atoms with Crippen LogP contribution in [0.5, 0.6) is 5.75 Å². The van der Waals surface area contributed by atoms with Crippen LogP contribution >= 0.6 is 0 Å². The molecule has 0 aliphatic heterocycles. The summed E-state index contributed by atoms with van der Waals surface area (Å²) in [5, 5.41) is 2.98. The first-order valence-corrected chi connectivity index (χ1v) is 5.69. The fourth-order valence-corrected chi connectivity index (χ4v) is 1.87. The highest BCUT2D eigenvalue weighted by molar-refractivity contribution is 6.00. The number of nitrogen functional groups attached to an aromatic ring is 1. The second-order valence-corrected chi connectivity index (χ2v) is 5.14. The van der Waals surface area contributed by atoms with E-state index in [2.05, 4.69) is 19.2 Å². The van der Waals surface area contributed by atoms with Crippen molar-refractivity contribution < 1.29 is 9.53 Å². The molecule has 1 saturated carbocycles. The third-order valence-electron chi connectivity index (χ3n) is 3.35. The Morgan fingerprint density at radius 2 is 2.18 bits per heavy atom. The molecule has 1 aromatic carbocycles. The molecule has 3 N–H and O–H groups in total. The Labute approximate surface area is 101 Å². The lowest BCUT2D eigenvalue weighted by Gasteiger charge is -2.11. The molecule has 0 aromatic heterocycles. The molecular formula is C13H18N2O2. The van der Waals surface area contributed by atoms with E-state index >= 15 is 0 Å². The first-order chi connectivity index (χ1) is 7.95.